The molecule has 0 saturated carbocycles. The summed E-state index contributed by atoms with van der Waals surface area (Å²) in [5.41, 5.74) is 3.65. The maximum absolute atomic E-state index is 12.8. The molecule has 4 rings (SSSR count). The number of carbonyl (C=O) groups is 1. The van der Waals surface area contributed by atoms with Crippen molar-refractivity contribution < 1.29 is 4.79 Å². The number of aromatic nitrogens is 2. The zero-order chi connectivity index (χ0) is 18.6. The van der Waals surface area contributed by atoms with E-state index in [1.807, 2.05) is 58.8 Å². The predicted molar refractivity (Wildman–Crippen MR) is 108 cm³/mol. The zero-order valence-corrected chi connectivity index (χ0v) is 15.6. The molecule has 1 saturated heterocycles. The number of rotatable bonds is 4. The first-order chi connectivity index (χ1) is 13.2. The maximum atomic E-state index is 12.8. The molecule has 1 aliphatic rings. The molecule has 27 heavy (non-hydrogen) atoms. The van der Waals surface area contributed by atoms with Gasteiger partial charge >= 0.3 is 0 Å². The Kier molecular flexibility index (Phi) is 5.03. The zero-order valence-electron chi connectivity index (χ0n) is 15.6. The number of fused-ring (bicyclic) bond motifs is 1. The highest BCUT2D eigenvalue weighted by Crippen LogP contribution is 2.12. The van der Waals surface area contributed by atoms with Gasteiger partial charge in [-0.25, -0.2) is 4.98 Å². The van der Waals surface area contributed by atoms with Gasteiger partial charge in [-0.3, -0.25) is 9.69 Å². The van der Waals surface area contributed by atoms with Crippen molar-refractivity contribution in [2.75, 3.05) is 32.7 Å². The molecule has 5 nitrogen and oxygen atoms in total. The molecule has 2 aromatic heterocycles. The van der Waals surface area contributed by atoms with Gasteiger partial charge in [0.1, 0.15) is 11.3 Å². The number of aryl methyl sites for hydroxylation is 1. The molecule has 0 atom stereocenters. The van der Waals surface area contributed by atoms with E-state index in [4.69, 9.17) is 0 Å². The van der Waals surface area contributed by atoms with Gasteiger partial charge in [0.05, 0.1) is 0 Å². The molecule has 0 unspecified atom stereocenters. The second kappa shape index (κ2) is 7.76. The van der Waals surface area contributed by atoms with Gasteiger partial charge in [-0.1, -0.05) is 48.6 Å². The fourth-order valence-corrected chi connectivity index (χ4v) is 3.45. The second-order valence-corrected chi connectivity index (χ2v) is 6.93. The van der Waals surface area contributed by atoms with Gasteiger partial charge in [-0.2, -0.15) is 0 Å². The van der Waals surface area contributed by atoms with Crippen LogP contribution >= 0.6 is 0 Å². The minimum Gasteiger partial charge on any atom is -0.335 e. The largest absolute Gasteiger partial charge is 0.335 e. The highest BCUT2D eigenvalue weighted by atomic mass is 16.2. The van der Waals surface area contributed by atoms with Crippen LogP contribution in [0, 0.1) is 6.92 Å². The summed E-state index contributed by atoms with van der Waals surface area (Å²) in [6.45, 7) is 6.18. The maximum Gasteiger partial charge on any atom is 0.274 e. The van der Waals surface area contributed by atoms with Crippen molar-refractivity contribution in [2.45, 2.75) is 6.92 Å². The van der Waals surface area contributed by atoms with Crippen LogP contribution < -0.4 is 0 Å². The van der Waals surface area contributed by atoms with Crippen LogP contribution in [-0.2, 0) is 0 Å². The Labute approximate surface area is 159 Å². The molecule has 0 radical (unpaired) electrons. The molecule has 1 aliphatic heterocycles. The van der Waals surface area contributed by atoms with E-state index in [1.54, 1.807) is 0 Å². The van der Waals surface area contributed by atoms with E-state index in [9.17, 15) is 4.79 Å². The molecule has 0 spiro atoms. The van der Waals surface area contributed by atoms with Crippen molar-refractivity contribution in [3.8, 4) is 0 Å². The van der Waals surface area contributed by atoms with Crippen molar-refractivity contribution in [1.82, 2.24) is 19.2 Å². The Morgan fingerprint density at radius 1 is 1.04 bits per heavy atom. The molecular weight excluding hydrogens is 336 g/mol. The lowest BCUT2D eigenvalue weighted by Gasteiger charge is -2.33. The summed E-state index contributed by atoms with van der Waals surface area (Å²) in [5.74, 6) is 0.0255. The number of benzene rings is 1. The van der Waals surface area contributed by atoms with Crippen molar-refractivity contribution in [3.63, 3.8) is 0 Å². The quantitative estimate of drug-likeness (QED) is 0.718. The third kappa shape index (κ3) is 3.93. The minimum atomic E-state index is 0.0255. The van der Waals surface area contributed by atoms with E-state index >= 15 is 0 Å². The SMILES string of the molecule is Cc1cccc2nc(C(=O)N3CCN(C/C=C/c4ccccc4)CC3)cn12. The van der Waals surface area contributed by atoms with Crippen molar-refractivity contribution >= 4 is 17.6 Å². The number of piperazine rings is 1. The van der Waals surface area contributed by atoms with Crippen LogP contribution in [0.3, 0.4) is 0 Å². The fraction of sp³-hybridized carbons (Fsp3) is 0.273. The van der Waals surface area contributed by atoms with E-state index in [0.717, 1.165) is 44.1 Å². The summed E-state index contributed by atoms with van der Waals surface area (Å²) in [6.07, 6.45) is 6.19. The Balaban J connectivity index is 1.33. The van der Waals surface area contributed by atoms with Crippen LogP contribution in [0.25, 0.3) is 11.7 Å². The Hall–Kier alpha value is -2.92. The highest BCUT2D eigenvalue weighted by molar-refractivity contribution is 5.93. The smallest absolute Gasteiger partial charge is 0.274 e. The number of pyridine rings is 1. The summed E-state index contributed by atoms with van der Waals surface area (Å²) in [4.78, 5) is 21.6. The normalized spacial score (nSPS) is 15.7. The number of carbonyl (C=O) groups excluding carboxylic acids is 1. The summed E-state index contributed by atoms with van der Waals surface area (Å²) in [5, 5.41) is 0. The van der Waals surface area contributed by atoms with Crippen LogP contribution in [-0.4, -0.2) is 57.8 Å². The number of hydrogen-bond acceptors (Lipinski definition) is 3. The predicted octanol–water partition coefficient (Wildman–Crippen LogP) is 3.11. The highest BCUT2D eigenvalue weighted by Gasteiger charge is 2.23. The van der Waals surface area contributed by atoms with Crippen molar-refractivity contribution in [3.05, 3.63) is 77.8 Å². The van der Waals surface area contributed by atoms with Gasteiger partial charge < -0.3 is 9.30 Å². The first-order valence-electron chi connectivity index (χ1n) is 9.39. The van der Waals surface area contributed by atoms with E-state index in [0.29, 0.717) is 5.69 Å². The lowest BCUT2D eigenvalue weighted by atomic mass is 10.2. The summed E-state index contributed by atoms with van der Waals surface area (Å²) in [6, 6.07) is 16.2. The molecular formula is C22H24N4O. The average Bonchev–Trinajstić information content (AvgIpc) is 3.15. The summed E-state index contributed by atoms with van der Waals surface area (Å²) in [7, 11) is 0. The van der Waals surface area contributed by atoms with Crippen molar-refractivity contribution in [2.24, 2.45) is 0 Å². The van der Waals surface area contributed by atoms with Gasteiger partial charge in [0.15, 0.2) is 0 Å². The molecule has 1 aromatic carbocycles. The fourth-order valence-electron chi connectivity index (χ4n) is 3.45. The Bertz CT molecular complexity index is 953. The average molecular weight is 360 g/mol. The number of nitrogens with zero attached hydrogens (tertiary/aromatic N) is 4. The van der Waals surface area contributed by atoms with E-state index in [-0.39, 0.29) is 5.91 Å². The van der Waals surface area contributed by atoms with Crippen LogP contribution in [0.15, 0.2) is 60.8 Å². The van der Waals surface area contributed by atoms with Gasteiger partial charge in [-0.15, -0.1) is 0 Å². The van der Waals surface area contributed by atoms with Crippen molar-refractivity contribution in [1.29, 1.82) is 0 Å². The van der Waals surface area contributed by atoms with Crippen LogP contribution in [0.4, 0.5) is 0 Å². The topological polar surface area (TPSA) is 40.9 Å². The van der Waals surface area contributed by atoms with E-state index in [1.165, 1.54) is 5.56 Å². The van der Waals surface area contributed by atoms with Crippen LogP contribution in [0.5, 0.6) is 0 Å². The molecule has 5 heteroatoms. The van der Waals surface area contributed by atoms with Gasteiger partial charge in [-0.05, 0) is 24.6 Å². The molecule has 0 N–H and O–H groups in total. The minimum absolute atomic E-state index is 0.0255. The summed E-state index contributed by atoms with van der Waals surface area (Å²) >= 11 is 0. The third-order valence-corrected chi connectivity index (χ3v) is 5.05. The van der Waals surface area contributed by atoms with E-state index < -0.39 is 0 Å². The molecule has 3 heterocycles. The summed E-state index contributed by atoms with van der Waals surface area (Å²) < 4.78 is 1.97. The molecule has 0 bridgehead atoms. The molecule has 1 fully saturated rings. The van der Waals surface area contributed by atoms with Crippen LogP contribution in [0.1, 0.15) is 21.7 Å². The van der Waals surface area contributed by atoms with E-state index in [2.05, 4.69) is 34.2 Å². The monoisotopic (exact) mass is 360 g/mol. The third-order valence-electron chi connectivity index (χ3n) is 5.05. The molecule has 3 aromatic rings. The van der Waals surface area contributed by atoms with Gasteiger partial charge in [0.2, 0.25) is 0 Å². The Morgan fingerprint density at radius 2 is 1.81 bits per heavy atom. The van der Waals surface area contributed by atoms with Gasteiger partial charge in [0, 0.05) is 44.6 Å². The standard InChI is InChI=1S/C22H24N4O/c1-18-7-5-11-21-23-20(17-26(18)21)22(27)25-15-13-24(14-16-25)12-6-10-19-8-3-2-4-9-19/h2-11,17H,12-16H2,1H3/b10-6+. The molecule has 138 valence electrons. The second-order valence-electron chi connectivity index (χ2n) is 6.93. The van der Waals surface area contributed by atoms with Crippen LogP contribution in [0.2, 0.25) is 0 Å². The number of imidazole rings is 1. The lowest BCUT2D eigenvalue weighted by Crippen LogP contribution is -2.48. The molecule has 1 amide bonds. The number of hydrogen-bond donors (Lipinski definition) is 0. The first-order valence-corrected chi connectivity index (χ1v) is 9.39. The lowest BCUT2D eigenvalue weighted by molar-refractivity contribution is 0.0645. The molecule has 0 aliphatic carbocycles. The Morgan fingerprint density at radius 3 is 2.56 bits per heavy atom. The number of amides is 1. The van der Waals surface area contributed by atoms with Gasteiger partial charge in [0.25, 0.3) is 5.91 Å². The first kappa shape index (κ1) is 17.5.